The number of hydrogen-bond donors (Lipinski definition) is 2. The Kier molecular flexibility index (Phi) is 4.52. The quantitative estimate of drug-likeness (QED) is 0.801. The van der Waals surface area contributed by atoms with Crippen LogP contribution in [0.25, 0.3) is 0 Å². The Morgan fingerprint density at radius 3 is 2.40 bits per heavy atom. The van der Waals surface area contributed by atoms with Gasteiger partial charge in [-0.1, -0.05) is 30.3 Å². The molecule has 4 nitrogen and oxygen atoms in total. The van der Waals surface area contributed by atoms with Crippen LogP contribution >= 0.6 is 0 Å². The monoisotopic (exact) mass is 297 g/mol. The van der Waals surface area contributed by atoms with Crippen LogP contribution in [0, 0.1) is 5.41 Å². The molecule has 0 saturated heterocycles. The lowest BCUT2D eigenvalue weighted by Gasteiger charge is -2.25. The molecular weight excluding hydrogens is 274 g/mol. The first-order chi connectivity index (χ1) is 9.32. The van der Waals surface area contributed by atoms with Gasteiger partial charge >= 0.3 is 0 Å². The number of aliphatic hydroxyl groups is 1. The fourth-order valence-corrected chi connectivity index (χ4v) is 3.61. The maximum atomic E-state index is 11.2. The lowest BCUT2D eigenvalue weighted by atomic mass is 9.92. The van der Waals surface area contributed by atoms with Crippen molar-refractivity contribution >= 4 is 9.84 Å². The summed E-state index contributed by atoms with van der Waals surface area (Å²) in [6.07, 6.45) is 2.71. The third-order valence-electron chi connectivity index (χ3n) is 3.94. The Labute approximate surface area is 121 Å². The fourth-order valence-electron chi connectivity index (χ4n) is 2.59. The highest BCUT2D eigenvalue weighted by molar-refractivity contribution is 7.90. The molecule has 1 aromatic rings. The zero-order chi connectivity index (χ0) is 14.8. The summed E-state index contributed by atoms with van der Waals surface area (Å²) < 4.78 is 22.5. The van der Waals surface area contributed by atoms with Crippen molar-refractivity contribution in [1.82, 2.24) is 5.32 Å². The van der Waals surface area contributed by atoms with Gasteiger partial charge in [0.2, 0.25) is 0 Å². The van der Waals surface area contributed by atoms with Crippen LogP contribution in [0.3, 0.4) is 0 Å². The number of sulfone groups is 1. The second-order valence-electron chi connectivity index (χ2n) is 6.05. The van der Waals surface area contributed by atoms with Crippen molar-refractivity contribution in [2.24, 2.45) is 5.41 Å². The number of hydrogen-bond acceptors (Lipinski definition) is 4. The molecule has 0 bridgehead atoms. The summed E-state index contributed by atoms with van der Waals surface area (Å²) in [5, 5.41) is 13.8. The first-order valence-corrected chi connectivity index (χ1v) is 9.03. The molecule has 5 heteroatoms. The van der Waals surface area contributed by atoms with Crippen LogP contribution in [0.1, 0.15) is 31.4 Å². The number of nitrogens with one attached hydrogen (secondary N) is 1. The van der Waals surface area contributed by atoms with E-state index in [9.17, 15) is 13.5 Å². The zero-order valence-corrected chi connectivity index (χ0v) is 12.9. The summed E-state index contributed by atoms with van der Waals surface area (Å²) in [6, 6.07) is 9.56. The Hall–Kier alpha value is -0.910. The summed E-state index contributed by atoms with van der Waals surface area (Å²) in [4.78, 5) is 0. The third kappa shape index (κ3) is 4.04. The second kappa shape index (κ2) is 5.84. The molecule has 2 unspecified atom stereocenters. The van der Waals surface area contributed by atoms with Gasteiger partial charge in [-0.2, -0.15) is 0 Å². The lowest BCUT2D eigenvalue weighted by Crippen LogP contribution is -2.38. The average Bonchev–Trinajstić information content (AvgIpc) is 3.16. The van der Waals surface area contributed by atoms with Crippen LogP contribution in [0.2, 0.25) is 0 Å². The summed E-state index contributed by atoms with van der Waals surface area (Å²) in [7, 11) is -2.97. The molecule has 0 spiro atoms. The Bertz CT molecular complexity index is 537. The maximum Gasteiger partial charge on any atom is 0.148 e. The van der Waals surface area contributed by atoms with E-state index < -0.39 is 15.9 Å². The molecule has 0 heterocycles. The van der Waals surface area contributed by atoms with E-state index in [0.29, 0.717) is 6.54 Å². The van der Waals surface area contributed by atoms with Crippen molar-refractivity contribution in [1.29, 1.82) is 0 Å². The van der Waals surface area contributed by atoms with Gasteiger partial charge in [-0.25, -0.2) is 8.42 Å². The zero-order valence-electron chi connectivity index (χ0n) is 12.0. The summed E-state index contributed by atoms with van der Waals surface area (Å²) in [6.45, 7) is 2.52. The smallest absolute Gasteiger partial charge is 0.148 e. The molecule has 0 radical (unpaired) electrons. The highest BCUT2D eigenvalue weighted by Gasteiger charge is 2.49. The van der Waals surface area contributed by atoms with Gasteiger partial charge in [0.25, 0.3) is 0 Å². The Morgan fingerprint density at radius 2 is 1.90 bits per heavy atom. The SMILES string of the molecule is CC(CS(C)(=O)=O)NCC1(C(O)c2ccccc2)CC1. The third-order valence-corrected chi connectivity index (χ3v) is 5.05. The molecule has 2 N–H and O–H groups in total. The molecule has 1 fully saturated rings. The minimum atomic E-state index is -2.97. The van der Waals surface area contributed by atoms with Crippen LogP contribution in [-0.2, 0) is 9.84 Å². The number of aliphatic hydroxyl groups excluding tert-OH is 1. The van der Waals surface area contributed by atoms with Crippen molar-refractivity contribution in [3.63, 3.8) is 0 Å². The van der Waals surface area contributed by atoms with Gasteiger partial charge in [0, 0.05) is 24.3 Å². The van der Waals surface area contributed by atoms with Crippen molar-refractivity contribution in [2.45, 2.75) is 31.9 Å². The molecule has 20 heavy (non-hydrogen) atoms. The largest absolute Gasteiger partial charge is 0.388 e. The Morgan fingerprint density at radius 1 is 1.30 bits per heavy atom. The normalized spacial score (nSPS) is 20.4. The highest BCUT2D eigenvalue weighted by Crippen LogP contribution is 2.54. The molecule has 1 aliphatic rings. The summed E-state index contributed by atoms with van der Waals surface area (Å²) in [5.74, 6) is 0.129. The first kappa shape index (κ1) is 15.5. The standard InChI is InChI=1S/C15H23NO3S/c1-12(10-20(2,18)19)16-11-15(8-9-15)14(17)13-6-4-3-5-7-13/h3-7,12,14,16-17H,8-11H2,1-2H3. The number of benzene rings is 1. The van der Waals surface area contributed by atoms with Gasteiger partial charge in [0.05, 0.1) is 11.9 Å². The lowest BCUT2D eigenvalue weighted by molar-refractivity contribution is 0.0907. The minimum absolute atomic E-state index is 0.0922. The van der Waals surface area contributed by atoms with Gasteiger partial charge in [-0.15, -0.1) is 0 Å². The molecule has 1 aliphatic carbocycles. The van der Waals surface area contributed by atoms with Crippen molar-refractivity contribution in [3.8, 4) is 0 Å². The van der Waals surface area contributed by atoms with E-state index in [1.807, 2.05) is 37.3 Å². The van der Waals surface area contributed by atoms with E-state index in [0.717, 1.165) is 18.4 Å². The molecule has 2 rings (SSSR count). The molecule has 112 valence electrons. The molecule has 0 aliphatic heterocycles. The van der Waals surface area contributed by atoms with Crippen LogP contribution in [0.5, 0.6) is 0 Å². The van der Waals surface area contributed by atoms with Crippen LogP contribution in [0.4, 0.5) is 0 Å². The van der Waals surface area contributed by atoms with E-state index >= 15 is 0 Å². The summed E-state index contributed by atoms with van der Waals surface area (Å²) in [5.41, 5.74) is 0.801. The fraction of sp³-hybridized carbons (Fsp3) is 0.600. The predicted molar refractivity (Wildman–Crippen MR) is 80.2 cm³/mol. The van der Waals surface area contributed by atoms with Crippen LogP contribution in [0.15, 0.2) is 30.3 Å². The van der Waals surface area contributed by atoms with E-state index in [-0.39, 0.29) is 17.2 Å². The maximum absolute atomic E-state index is 11.2. The topological polar surface area (TPSA) is 66.4 Å². The van der Waals surface area contributed by atoms with E-state index in [4.69, 9.17) is 0 Å². The van der Waals surface area contributed by atoms with Gasteiger partial charge < -0.3 is 10.4 Å². The predicted octanol–water partition coefficient (Wildman–Crippen LogP) is 1.52. The van der Waals surface area contributed by atoms with Crippen molar-refractivity contribution < 1.29 is 13.5 Å². The number of rotatable bonds is 7. The van der Waals surface area contributed by atoms with E-state index in [1.54, 1.807) is 0 Å². The molecular formula is C15H23NO3S. The van der Waals surface area contributed by atoms with Gasteiger partial charge in [-0.05, 0) is 25.3 Å². The highest BCUT2D eigenvalue weighted by atomic mass is 32.2. The molecule has 1 aromatic carbocycles. The molecule has 2 atom stereocenters. The molecule has 0 amide bonds. The van der Waals surface area contributed by atoms with Gasteiger partial charge in [-0.3, -0.25) is 0 Å². The summed E-state index contributed by atoms with van der Waals surface area (Å²) >= 11 is 0. The Balaban J connectivity index is 1.92. The van der Waals surface area contributed by atoms with E-state index in [1.165, 1.54) is 6.26 Å². The van der Waals surface area contributed by atoms with Crippen molar-refractivity contribution in [2.75, 3.05) is 18.6 Å². The molecule has 0 aromatic heterocycles. The van der Waals surface area contributed by atoms with Crippen molar-refractivity contribution in [3.05, 3.63) is 35.9 Å². The van der Waals surface area contributed by atoms with Crippen LogP contribution in [-0.4, -0.2) is 38.1 Å². The average molecular weight is 297 g/mol. The van der Waals surface area contributed by atoms with Crippen LogP contribution < -0.4 is 5.32 Å². The van der Waals surface area contributed by atoms with Gasteiger partial charge in [0.1, 0.15) is 9.84 Å². The van der Waals surface area contributed by atoms with Gasteiger partial charge in [0.15, 0.2) is 0 Å². The van der Waals surface area contributed by atoms with E-state index in [2.05, 4.69) is 5.32 Å². The second-order valence-corrected chi connectivity index (χ2v) is 8.23. The minimum Gasteiger partial charge on any atom is -0.388 e. The first-order valence-electron chi connectivity index (χ1n) is 6.96. The molecule has 1 saturated carbocycles.